The van der Waals surface area contributed by atoms with Gasteiger partial charge in [-0.2, -0.15) is 0 Å². The Labute approximate surface area is 115 Å². The van der Waals surface area contributed by atoms with E-state index in [1.165, 1.54) is 13.8 Å². The van der Waals surface area contributed by atoms with Gasteiger partial charge in [0.05, 0.1) is 6.10 Å². The first-order valence-corrected chi connectivity index (χ1v) is 6.07. The topological polar surface area (TPSA) is 108 Å². The van der Waals surface area contributed by atoms with Crippen LogP contribution in [0.4, 0.5) is 0 Å². The lowest BCUT2D eigenvalue weighted by atomic mass is 9.99. The summed E-state index contributed by atoms with van der Waals surface area (Å²) in [5, 5.41) is 9.79. The minimum Gasteiger partial charge on any atom is -0.456 e. The zero-order valence-electron chi connectivity index (χ0n) is 11.7. The summed E-state index contributed by atoms with van der Waals surface area (Å²) in [6.45, 7) is 5.01. The van der Waals surface area contributed by atoms with E-state index in [9.17, 15) is 19.5 Å². The van der Waals surface area contributed by atoms with Crippen molar-refractivity contribution in [3.8, 4) is 0 Å². The van der Waals surface area contributed by atoms with Gasteiger partial charge in [-0.25, -0.2) is 0 Å². The average molecular weight is 290 g/mol. The SMILES string of the molecule is CC(=O)OC1[C@@H](OC(C)=O)C(O)O[C@@H](C)[C@@H]1OC(C)=O. The number of hydrogen-bond acceptors (Lipinski definition) is 8. The molecule has 1 aliphatic rings. The van der Waals surface area contributed by atoms with Crippen LogP contribution in [0, 0.1) is 0 Å². The summed E-state index contributed by atoms with van der Waals surface area (Å²) in [5.74, 6) is -1.96. The third-order valence-corrected chi connectivity index (χ3v) is 2.65. The molecule has 0 aromatic heterocycles. The van der Waals surface area contributed by atoms with Crippen LogP contribution in [0.2, 0.25) is 0 Å². The van der Waals surface area contributed by atoms with Crippen molar-refractivity contribution in [2.45, 2.75) is 58.4 Å². The Morgan fingerprint density at radius 3 is 1.70 bits per heavy atom. The summed E-state index contributed by atoms with van der Waals surface area (Å²) in [4.78, 5) is 33.3. The number of carbonyl (C=O) groups is 3. The second-order valence-corrected chi connectivity index (χ2v) is 4.45. The van der Waals surface area contributed by atoms with Gasteiger partial charge in [-0.05, 0) is 6.92 Å². The quantitative estimate of drug-likeness (QED) is 0.548. The predicted molar refractivity (Wildman–Crippen MR) is 63.2 cm³/mol. The number of hydrogen-bond donors (Lipinski definition) is 1. The van der Waals surface area contributed by atoms with Crippen LogP contribution in [0.15, 0.2) is 0 Å². The van der Waals surface area contributed by atoms with Crippen LogP contribution < -0.4 is 0 Å². The molecule has 0 spiro atoms. The number of aliphatic hydroxyl groups excluding tert-OH is 1. The van der Waals surface area contributed by atoms with Crippen LogP contribution in [0.1, 0.15) is 27.7 Å². The lowest BCUT2D eigenvalue weighted by Crippen LogP contribution is -2.60. The molecule has 0 bridgehead atoms. The third-order valence-electron chi connectivity index (χ3n) is 2.65. The van der Waals surface area contributed by atoms with E-state index in [1.807, 2.05) is 0 Å². The molecule has 2 unspecified atom stereocenters. The van der Waals surface area contributed by atoms with E-state index in [2.05, 4.69) is 0 Å². The van der Waals surface area contributed by atoms with E-state index in [4.69, 9.17) is 18.9 Å². The number of ether oxygens (including phenoxy) is 4. The molecule has 8 nitrogen and oxygen atoms in total. The van der Waals surface area contributed by atoms with Gasteiger partial charge in [-0.15, -0.1) is 0 Å². The summed E-state index contributed by atoms with van der Waals surface area (Å²) in [6.07, 6.45) is -5.60. The van der Waals surface area contributed by atoms with E-state index in [0.717, 1.165) is 13.8 Å². The first-order chi connectivity index (χ1) is 9.22. The molecule has 0 amide bonds. The molecule has 1 fully saturated rings. The Balaban J connectivity index is 3.01. The first-order valence-electron chi connectivity index (χ1n) is 6.07. The maximum absolute atomic E-state index is 11.2. The van der Waals surface area contributed by atoms with E-state index < -0.39 is 48.6 Å². The van der Waals surface area contributed by atoms with E-state index in [-0.39, 0.29) is 0 Å². The fourth-order valence-electron chi connectivity index (χ4n) is 1.99. The van der Waals surface area contributed by atoms with Gasteiger partial charge in [0, 0.05) is 20.8 Å². The van der Waals surface area contributed by atoms with Crippen molar-refractivity contribution in [2.24, 2.45) is 0 Å². The largest absolute Gasteiger partial charge is 0.456 e. The van der Waals surface area contributed by atoms with Gasteiger partial charge in [0.2, 0.25) is 0 Å². The van der Waals surface area contributed by atoms with Crippen molar-refractivity contribution in [1.29, 1.82) is 0 Å². The molecule has 0 aromatic carbocycles. The van der Waals surface area contributed by atoms with E-state index in [1.54, 1.807) is 0 Å². The fraction of sp³-hybridized carbons (Fsp3) is 0.750. The summed E-state index contributed by atoms with van der Waals surface area (Å²) in [5.41, 5.74) is 0. The molecule has 0 saturated carbocycles. The molecule has 0 aromatic rings. The van der Waals surface area contributed by atoms with Gasteiger partial charge >= 0.3 is 17.9 Å². The Hall–Kier alpha value is -1.67. The molecule has 0 radical (unpaired) electrons. The number of carbonyl (C=O) groups excluding carboxylic acids is 3. The second kappa shape index (κ2) is 6.67. The molecule has 1 N–H and O–H groups in total. The molecule has 20 heavy (non-hydrogen) atoms. The lowest BCUT2D eigenvalue weighted by Gasteiger charge is -2.41. The van der Waals surface area contributed by atoms with Gasteiger partial charge in [-0.1, -0.05) is 0 Å². The van der Waals surface area contributed by atoms with Crippen molar-refractivity contribution in [2.75, 3.05) is 0 Å². The van der Waals surface area contributed by atoms with Crippen molar-refractivity contribution >= 4 is 17.9 Å². The van der Waals surface area contributed by atoms with Crippen LogP contribution in [0.5, 0.6) is 0 Å². The molecule has 1 aliphatic heterocycles. The van der Waals surface area contributed by atoms with Gasteiger partial charge < -0.3 is 24.1 Å². The molecule has 1 saturated heterocycles. The van der Waals surface area contributed by atoms with Crippen LogP contribution in [-0.2, 0) is 33.3 Å². The number of rotatable bonds is 3. The van der Waals surface area contributed by atoms with Gasteiger partial charge in [0.25, 0.3) is 0 Å². The fourth-order valence-corrected chi connectivity index (χ4v) is 1.99. The van der Waals surface area contributed by atoms with Crippen molar-refractivity contribution in [1.82, 2.24) is 0 Å². The minimum atomic E-state index is -1.48. The minimum absolute atomic E-state index is 0.611. The Morgan fingerprint density at radius 1 is 0.850 bits per heavy atom. The normalized spacial score (nSPS) is 33.1. The first kappa shape index (κ1) is 16.4. The molecule has 8 heteroatoms. The second-order valence-electron chi connectivity index (χ2n) is 4.45. The number of esters is 3. The van der Waals surface area contributed by atoms with Crippen molar-refractivity contribution < 1.29 is 38.4 Å². The van der Waals surface area contributed by atoms with Crippen molar-refractivity contribution in [3.63, 3.8) is 0 Å². The third kappa shape index (κ3) is 4.17. The zero-order chi connectivity index (χ0) is 15.4. The molecule has 114 valence electrons. The highest BCUT2D eigenvalue weighted by Gasteiger charge is 2.49. The monoisotopic (exact) mass is 290 g/mol. The van der Waals surface area contributed by atoms with Gasteiger partial charge in [0.15, 0.2) is 24.6 Å². The van der Waals surface area contributed by atoms with Gasteiger partial charge in [0.1, 0.15) is 0 Å². The molecular weight excluding hydrogens is 272 g/mol. The maximum atomic E-state index is 11.2. The maximum Gasteiger partial charge on any atom is 0.303 e. The lowest BCUT2D eigenvalue weighted by molar-refractivity contribution is -0.288. The van der Waals surface area contributed by atoms with Gasteiger partial charge in [-0.3, -0.25) is 14.4 Å². The predicted octanol–water partition coefficient (Wildman–Crippen LogP) is -0.481. The Kier molecular flexibility index (Phi) is 5.46. The zero-order valence-corrected chi connectivity index (χ0v) is 11.7. The summed E-state index contributed by atoms with van der Waals surface area (Å²) in [6, 6.07) is 0. The highest BCUT2D eigenvalue weighted by atomic mass is 16.7. The summed E-state index contributed by atoms with van der Waals surface area (Å²) >= 11 is 0. The highest BCUT2D eigenvalue weighted by Crippen LogP contribution is 2.27. The highest BCUT2D eigenvalue weighted by molar-refractivity contribution is 5.68. The molecule has 0 aliphatic carbocycles. The van der Waals surface area contributed by atoms with Crippen molar-refractivity contribution in [3.05, 3.63) is 0 Å². The average Bonchev–Trinajstić information content (AvgIpc) is 2.27. The van der Waals surface area contributed by atoms with Crippen LogP contribution in [0.3, 0.4) is 0 Å². The van der Waals surface area contributed by atoms with E-state index >= 15 is 0 Å². The smallest absolute Gasteiger partial charge is 0.303 e. The molecule has 1 heterocycles. The number of aliphatic hydroxyl groups is 1. The Bertz CT molecular complexity index is 365. The Morgan fingerprint density at radius 2 is 1.25 bits per heavy atom. The molecular formula is C12H18O8. The standard InChI is InChI=1S/C12H18O8/c1-5-9(18-6(2)13)10(19-7(3)14)11(12(16)17-5)20-8(4)15/h5,9-12,16H,1-4H3/t5-,9-,10?,11+,12?/m0/s1. The van der Waals surface area contributed by atoms with Crippen LogP contribution in [0.25, 0.3) is 0 Å². The van der Waals surface area contributed by atoms with E-state index in [0.29, 0.717) is 0 Å². The molecule has 5 atom stereocenters. The summed E-state index contributed by atoms with van der Waals surface area (Å²) < 4.78 is 20.1. The van der Waals surface area contributed by atoms with Crippen LogP contribution >= 0.6 is 0 Å². The molecule has 1 rings (SSSR count). The van der Waals surface area contributed by atoms with Crippen LogP contribution in [-0.4, -0.2) is 53.7 Å². The summed E-state index contributed by atoms with van der Waals surface area (Å²) in [7, 11) is 0.